The van der Waals surface area contributed by atoms with Crippen LogP contribution in [0.2, 0.25) is 0 Å². The zero-order valence-electron chi connectivity index (χ0n) is 34.2. The molecule has 0 bridgehead atoms. The van der Waals surface area contributed by atoms with Crippen LogP contribution in [0.15, 0.2) is 109 Å². The Bertz CT molecular complexity index is 1180. The molecule has 0 aliphatic rings. The summed E-state index contributed by atoms with van der Waals surface area (Å²) in [7, 11) is 0. The molecule has 1 unspecified atom stereocenters. The van der Waals surface area contributed by atoms with Gasteiger partial charge in [-0.1, -0.05) is 156 Å². The van der Waals surface area contributed by atoms with Crippen molar-refractivity contribution in [1.82, 2.24) is 0 Å². The van der Waals surface area contributed by atoms with Gasteiger partial charge in [-0.05, 0) is 89.9 Å². The van der Waals surface area contributed by atoms with E-state index in [-0.39, 0.29) is 38.0 Å². The fourth-order valence-electron chi connectivity index (χ4n) is 4.94. The monoisotopic (exact) mass is 747 g/mol. The number of ether oxygens (including phenoxy) is 3. The van der Waals surface area contributed by atoms with E-state index in [0.717, 1.165) is 89.9 Å². The van der Waals surface area contributed by atoms with Gasteiger partial charge in [0.05, 0.1) is 0 Å². The van der Waals surface area contributed by atoms with Crippen molar-refractivity contribution >= 4 is 17.9 Å². The Morgan fingerprint density at radius 2 is 0.759 bits per heavy atom. The summed E-state index contributed by atoms with van der Waals surface area (Å²) in [5.41, 5.74) is 0. The molecule has 1 atom stereocenters. The van der Waals surface area contributed by atoms with Gasteiger partial charge in [0.15, 0.2) is 6.10 Å². The molecule has 0 aromatic rings. The Balaban J connectivity index is 4.63. The van der Waals surface area contributed by atoms with Crippen LogP contribution in [-0.4, -0.2) is 37.2 Å². The zero-order valence-corrected chi connectivity index (χ0v) is 34.2. The summed E-state index contributed by atoms with van der Waals surface area (Å²) in [4.78, 5) is 37.5. The topological polar surface area (TPSA) is 78.9 Å². The number of esters is 3. The number of rotatable bonds is 35. The first kappa shape index (κ1) is 50.1. The standard InChI is InChI=1S/C48H74O6/c1-4-7-10-13-16-19-22-24-26-29-32-35-38-41-47(50)53-44-45(43-52-46(49)40-37-34-31-28-21-18-15-12-9-6-3)54-48(51)42-39-36-33-30-27-25-23-20-17-14-11-8-5-2/h7-8,10-12,15-17,19-20,24-27,32-33,35-36,45H,4-6,9,13-14,18,21-23,28-31,34,37-44H2,1-3H3/b10-7-,11-8-,15-12-,19-16-,20-17-,26-24-,27-25-,35-32-,36-33-. The normalized spacial score (nSPS) is 13.2. The average Bonchev–Trinajstić information content (AvgIpc) is 3.17. The van der Waals surface area contributed by atoms with Gasteiger partial charge in [-0.25, -0.2) is 0 Å². The molecule has 0 N–H and O–H groups in total. The maximum absolute atomic E-state index is 12.6. The molecule has 0 spiro atoms. The maximum atomic E-state index is 12.6. The Hall–Kier alpha value is -3.93. The third-order valence-corrected chi connectivity index (χ3v) is 8.00. The second-order valence-electron chi connectivity index (χ2n) is 13.1. The van der Waals surface area contributed by atoms with Crippen LogP contribution in [0, 0.1) is 0 Å². The number of hydrogen-bond acceptors (Lipinski definition) is 6. The van der Waals surface area contributed by atoms with Crippen LogP contribution in [0.4, 0.5) is 0 Å². The fourth-order valence-corrected chi connectivity index (χ4v) is 4.94. The number of hydrogen-bond donors (Lipinski definition) is 0. The van der Waals surface area contributed by atoms with Crippen LogP contribution in [0.3, 0.4) is 0 Å². The highest BCUT2D eigenvalue weighted by Crippen LogP contribution is 2.10. The molecule has 0 rings (SSSR count). The maximum Gasteiger partial charge on any atom is 0.306 e. The fraction of sp³-hybridized carbons (Fsp3) is 0.562. The van der Waals surface area contributed by atoms with Crippen LogP contribution in [-0.2, 0) is 28.6 Å². The van der Waals surface area contributed by atoms with Crippen LogP contribution >= 0.6 is 0 Å². The van der Waals surface area contributed by atoms with Crippen LogP contribution in [0.5, 0.6) is 0 Å². The van der Waals surface area contributed by atoms with Gasteiger partial charge in [-0.15, -0.1) is 0 Å². The van der Waals surface area contributed by atoms with Gasteiger partial charge in [0.2, 0.25) is 0 Å². The summed E-state index contributed by atoms with van der Waals surface area (Å²) in [6.07, 6.45) is 55.3. The summed E-state index contributed by atoms with van der Waals surface area (Å²) in [5.74, 6) is -1.13. The Labute approximate surface area is 330 Å². The number of unbranched alkanes of at least 4 members (excludes halogenated alkanes) is 6. The lowest BCUT2D eigenvalue weighted by molar-refractivity contribution is -0.166. The molecule has 54 heavy (non-hydrogen) atoms. The van der Waals surface area contributed by atoms with E-state index in [4.69, 9.17) is 14.2 Å². The summed E-state index contributed by atoms with van der Waals surface area (Å²) >= 11 is 0. The largest absolute Gasteiger partial charge is 0.462 e. The van der Waals surface area contributed by atoms with E-state index in [0.29, 0.717) is 19.3 Å². The molecule has 302 valence electrons. The molecule has 6 heteroatoms. The molecule has 0 aliphatic heterocycles. The lowest BCUT2D eigenvalue weighted by Crippen LogP contribution is -2.30. The predicted molar refractivity (Wildman–Crippen MR) is 228 cm³/mol. The second kappa shape index (κ2) is 41.8. The summed E-state index contributed by atoms with van der Waals surface area (Å²) in [6, 6.07) is 0. The van der Waals surface area contributed by atoms with E-state index in [1.807, 2.05) is 24.3 Å². The molecule has 0 fully saturated rings. The van der Waals surface area contributed by atoms with Crippen molar-refractivity contribution in [3.63, 3.8) is 0 Å². The molecular formula is C48H74O6. The number of carbonyl (C=O) groups is 3. The molecule has 0 saturated carbocycles. The molecule has 0 aromatic carbocycles. The first-order valence-electron chi connectivity index (χ1n) is 20.9. The molecular weight excluding hydrogens is 673 g/mol. The molecule has 0 amide bonds. The Morgan fingerprint density at radius 3 is 1.24 bits per heavy atom. The lowest BCUT2D eigenvalue weighted by Gasteiger charge is -2.18. The zero-order chi connectivity index (χ0) is 39.4. The van der Waals surface area contributed by atoms with E-state index in [2.05, 4.69) is 106 Å². The number of carbonyl (C=O) groups excluding carboxylic acids is 3. The molecule has 0 heterocycles. The summed E-state index contributed by atoms with van der Waals surface area (Å²) < 4.78 is 16.5. The van der Waals surface area contributed by atoms with E-state index in [1.54, 1.807) is 0 Å². The van der Waals surface area contributed by atoms with E-state index >= 15 is 0 Å². The Morgan fingerprint density at radius 1 is 0.389 bits per heavy atom. The van der Waals surface area contributed by atoms with Crippen molar-refractivity contribution in [3.8, 4) is 0 Å². The third-order valence-electron chi connectivity index (χ3n) is 8.00. The van der Waals surface area contributed by atoms with Gasteiger partial charge in [0.25, 0.3) is 0 Å². The van der Waals surface area contributed by atoms with Gasteiger partial charge in [-0.3, -0.25) is 14.4 Å². The van der Waals surface area contributed by atoms with Crippen molar-refractivity contribution in [1.29, 1.82) is 0 Å². The molecule has 0 saturated heterocycles. The summed E-state index contributed by atoms with van der Waals surface area (Å²) in [6.45, 7) is 6.16. The van der Waals surface area contributed by atoms with Crippen molar-refractivity contribution in [2.75, 3.05) is 13.2 Å². The van der Waals surface area contributed by atoms with Crippen molar-refractivity contribution < 1.29 is 28.6 Å². The third kappa shape index (κ3) is 39.3. The van der Waals surface area contributed by atoms with Gasteiger partial charge < -0.3 is 14.2 Å². The van der Waals surface area contributed by atoms with Crippen molar-refractivity contribution in [3.05, 3.63) is 109 Å². The first-order valence-corrected chi connectivity index (χ1v) is 20.9. The Kier molecular flexibility index (Phi) is 38.8. The minimum absolute atomic E-state index is 0.136. The predicted octanol–water partition coefficient (Wildman–Crippen LogP) is 13.2. The highest BCUT2D eigenvalue weighted by atomic mass is 16.6. The smallest absolute Gasteiger partial charge is 0.306 e. The highest BCUT2D eigenvalue weighted by molar-refractivity contribution is 5.71. The average molecular weight is 747 g/mol. The van der Waals surface area contributed by atoms with Crippen LogP contribution in [0.25, 0.3) is 0 Å². The summed E-state index contributed by atoms with van der Waals surface area (Å²) in [5, 5.41) is 0. The highest BCUT2D eigenvalue weighted by Gasteiger charge is 2.19. The van der Waals surface area contributed by atoms with Gasteiger partial charge in [-0.2, -0.15) is 0 Å². The lowest BCUT2D eigenvalue weighted by atomic mass is 10.1. The minimum atomic E-state index is -0.846. The van der Waals surface area contributed by atoms with E-state index in [1.165, 1.54) is 12.8 Å². The van der Waals surface area contributed by atoms with E-state index in [9.17, 15) is 14.4 Å². The van der Waals surface area contributed by atoms with Gasteiger partial charge >= 0.3 is 17.9 Å². The SMILES string of the molecule is CC/C=C\C/C=C\C/C=C\C/C=C\CCC(=O)OCC(COC(=O)CCCCCCC/C=C\CCC)OC(=O)CC/C=C\C/C=C\C/C=C\C/C=C\CC. The van der Waals surface area contributed by atoms with Crippen LogP contribution < -0.4 is 0 Å². The second-order valence-corrected chi connectivity index (χ2v) is 13.1. The van der Waals surface area contributed by atoms with Crippen molar-refractivity contribution in [2.24, 2.45) is 0 Å². The molecule has 0 aromatic heterocycles. The molecule has 0 aliphatic carbocycles. The van der Waals surface area contributed by atoms with Gasteiger partial charge in [0, 0.05) is 19.3 Å². The quantitative estimate of drug-likeness (QED) is 0.0278. The number of allylic oxidation sites excluding steroid dienone is 18. The molecule has 6 nitrogen and oxygen atoms in total. The van der Waals surface area contributed by atoms with Crippen LogP contribution in [0.1, 0.15) is 156 Å². The minimum Gasteiger partial charge on any atom is -0.462 e. The van der Waals surface area contributed by atoms with Crippen molar-refractivity contribution in [2.45, 2.75) is 162 Å². The van der Waals surface area contributed by atoms with E-state index < -0.39 is 12.1 Å². The molecule has 0 radical (unpaired) electrons. The first-order chi connectivity index (χ1) is 26.5. The van der Waals surface area contributed by atoms with Gasteiger partial charge in [0.1, 0.15) is 13.2 Å².